The molecule has 16 atom stereocenters. The van der Waals surface area contributed by atoms with Crippen LogP contribution in [0.1, 0.15) is 32.0 Å². The molecular weight excluding hydrogens is 1120 g/mol. The molecule has 0 radical (unpaired) electrons. The molecule has 9 rings (SSSR count). The number of aromatic nitrogens is 12. The number of nitrogens with two attached hydrogens (primary N) is 3. The Morgan fingerprint density at radius 3 is 2.01 bits per heavy atom. The summed E-state index contributed by atoms with van der Waals surface area (Å²) in [5.74, 6) is -2.74. The van der Waals surface area contributed by atoms with Crippen LogP contribution in [0.5, 0.6) is 0 Å². The molecule has 0 amide bonds. The van der Waals surface area contributed by atoms with Crippen molar-refractivity contribution in [3.05, 3.63) is 46.0 Å². The lowest BCUT2D eigenvalue weighted by Gasteiger charge is -2.32. The summed E-state index contributed by atoms with van der Waals surface area (Å²) in [6, 6.07) is 0. The van der Waals surface area contributed by atoms with E-state index in [1.807, 2.05) is 0 Å². The number of hydrogen-bond acceptors (Lipinski definition) is 29. The Hall–Kier alpha value is -5.11. The number of aliphatic hydroxyl groups is 3. The van der Waals surface area contributed by atoms with Crippen LogP contribution in [0.15, 0.2) is 34.9 Å². The van der Waals surface area contributed by atoms with Gasteiger partial charge in [-0.05, 0) is 6.42 Å². The molecular formula is C35H49N15O23P4. The predicted molar refractivity (Wildman–Crippen MR) is 249 cm³/mol. The largest absolute Gasteiger partial charge is 0.756 e. The van der Waals surface area contributed by atoms with Gasteiger partial charge in [-0.15, -0.1) is 0 Å². The molecule has 4 unspecified atom stereocenters. The number of rotatable bonds is 21. The monoisotopic (exact) mass is 1170 g/mol. The van der Waals surface area contributed by atoms with Gasteiger partial charge in [0.15, 0.2) is 35.2 Å². The topological polar surface area (TPSA) is 545 Å². The number of anilines is 3. The molecule has 3 aliphatic rings. The minimum Gasteiger partial charge on any atom is -0.756 e. The van der Waals surface area contributed by atoms with Crippen molar-refractivity contribution in [3.8, 4) is 0 Å². The molecule has 3 aliphatic heterocycles. The highest BCUT2D eigenvalue weighted by Gasteiger charge is 2.52. The first-order valence-corrected chi connectivity index (χ1v) is 28.4. The first-order chi connectivity index (χ1) is 36.2. The zero-order valence-electron chi connectivity index (χ0n) is 39.9. The lowest BCUT2D eigenvalue weighted by atomic mass is 9.95. The molecule has 6 aromatic rings. The van der Waals surface area contributed by atoms with Crippen molar-refractivity contribution in [1.29, 1.82) is 0 Å². The molecule has 77 heavy (non-hydrogen) atoms. The van der Waals surface area contributed by atoms with Crippen molar-refractivity contribution in [1.82, 2.24) is 53.6 Å². The first kappa shape index (κ1) is 56.6. The van der Waals surface area contributed by atoms with E-state index >= 15 is 0 Å². The van der Waals surface area contributed by atoms with Crippen LogP contribution in [0.25, 0.3) is 33.5 Å². The number of aliphatic hydroxyl groups excluding tert-OH is 3. The third-order valence-electron chi connectivity index (χ3n) is 12.5. The number of phosphoric acid groups is 4. The van der Waals surface area contributed by atoms with Crippen molar-refractivity contribution in [3.63, 3.8) is 0 Å². The van der Waals surface area contributed by atoms with E-state index in [0.717, 1.165) is 17.2 Å². The van der Waals surface area contributed by atoms with Gasteiger partial charge in [-0.1, -0.05) is 11.9 Å². The Labute approximate surface area is 429 Å². The number of ether oxygens (including phenoxy) is 4. The summed E-state index contributed by atoms with van der Waals surface area (Å²) < 4.78 is 110. The summed E-state index contributed by atoms with van der Waals surface area (Å²) in [5.41, 5.74) is 15.9. The highest BCUT2D eigenvalue weighted by molar-refractivity contribution is 7.66. The number of fused-ring (bicyclic) bond motifs is 3. The molecule has 422 valence electrons. The number of phosphoric ester groups is 3. The molecule has 0 spiro atoms. The van der Waals surface area contributed by atoms with Gasteiger partial charge >= 0.3 is 29.1 Å². The summed E-state index contributed by atoms with van der Waals surface area (Å²) in [5, 5.41) is 33.0. The van der Waals surface area contributed by atoms with Crippen LogP contribution >= 0.6 is 31.3 Å². The third kappa shape index (κ3) is 11.5. The van der Waals surface area contributed by atoms with Gasteiger partial charge in [0, 0.05) is 13.0 Å². The Bertz CT molecular complexity index is 3510. The second-order valence-corrected chi connectivity index (χ2v) is 23.4. The molecule has 14 N–H and O–H groups in total. The highest BCUT2D eigenvalue weighted by atomic mass is 31.3. The van der Waals surface area contributed by atoms with E-state index in [2.05, 4.69) is 48.5 Å². The van der Waals surface area contributed by atoms with Crippen molar-refractivity contribution >= 4 is 82.5 Å². The third-order valence-corrected chi connectivity index (χ3v) is 17.7. The number of imidazole rings is 3. The molecule has 0 aliphatic carbocycles. The SMILES string of the molecule is CC[C@H]1[C@@H](O)[C@H]([n+]2cn(C)c3c(=O)[nH]c(N)nc32)O[C@@H]1COP(=O)(O)OP(=O)(O)OP(=O)(O)OC[C@H]1O[C@@H](n2cnc3c(N)ncnc32)[C@H](COC)[C@@H]1OP(=O)([O-])OC[C@H]1O[C@@H](n2cnc3c(=O)[nH]c(N)nc32)[C@H](O)[C@@H]1O. The van der Waals surface area contributed by atoms with Gasteiger partial charge in [-0.25, -0.2) is 38.2 Å². The number of nitrogens with zero attached hydrogens (tertiary/aromatic N) is 10. The number of nitrogen functional groups attached to an aromatic ring is 3. The summed E-state index contributed by atoms with van der Waals surface area (Å²) in [4.78, 5) is 99.1. The van der Waals surface area contributed by atoms with Crippen molar-refractivity contribution in [2.75, 3.05) is 50.7 Å². The van der Waals surface area contributed by atoms with Gasteiger partial charge < -0.3 is 80.1 Å². The molecule has 3 saturated heterocycles. The fourth-order valence-corrected chi connectivity index (χ4v) is 13.6. The van der Waals surface area contributed by atoms with Crippen molar-refractivity contribution < 1.29 is 103 Å². The van der Waals surface area contributed by atoms with E-state index in [-0.39, 0.29) is 57.6 Å². The van der Waals surface area contributed by atoms with Gasteiger partial charge in [-0.2, -0.15) is 13.6 Å². The number of aryl methyl sites for hydroxylation is 1. The zero-order valence-corrected chi connectivity index (χ0v) is 43.5. The molecule has 38 nitrogen and oxygen atoms in total. The summed E-state index contributed by atoms with van der Waals surface area (Å²) in [7, 11) is -20.8. The Balaban J connectivity index is 0.876. The van der Waals surface area contributed by atoms with Gasteiger partial charge in [0.25, 0.3) is 24.9 Å². The van der Waals surface area contributed by atoms with Gasteiger partial charge in [0.05, 0.1) is 58.2 Å². The molecule has 0 saturated carbocycles. The Morgan fingerprint density at radius 1 is 0.727 bits per heavy atom. The van der Waals surface area contributed by atoms with E-state index in [9.17, 15) is 62.7 Å². The number of nitrogens with one attached hydrogen (secondary N) is 2. The number of aromatic amines is 2. The van der Waals surface area contributed by atoms with E-state index in [1.54, 1.807) is 6.92 Å². The fraction of sp³-hybridized carbons (Fsp3) is 0.571. The number of methoxy groups -OCH3 is 1. The highest BCUT2D eigenvalue weighted by Crippen LogP contribution is 2.68. The van der Waals surface area contributed by atoms with Crippen molar-refractivity contribution in [2.24, 2.45) is 18.9 Å². The predicted octanol–water partition coefficient (Wildman–Crippen LogP) is -3.43. The van der Waals surface area contributed by atoms with Crippen LogP contribution in [0.3, 0.4) is 0 Å². The average Bonchev–Trinajstić information content (AvgIpc) is 4.23. The number of H-pyrrole nitrogens is 2. The van der Waals surface area contributed by atoms with E-state index in [1.165, 1.54) is 40.5 Å². The van der Waals surface area contributed by atoms with E-state index < -0.39 is 142 Å². The lowest BCUT2D eigenvalue weighted by Crippen LogP contribution is -2.45. The van der Waals surface area contributed by atoms with Gasteiger partial charge in [0.1, 0.15) is 54.7 Å². The van der Waals surface area contributed by atoms with Crippen LogP contribution in [0.4, 0.5) is 17.7 Å². The quantitative estimate of drug-likeness (QED) is 0.0247. The standard InChI is InChI=1S/C35H49N15O23P4/c1-4-13-15(68-32(21(13)51)50-12-47(2)20-28(50)44-35(38)46-30(20)55)6-66-75(58,59)72-77(62,63)73-76(60,61)67-8-17-24(14(5-64-3)31(70-17)48-10-41-18-25(36)39-9-40-26(18)48)71-74(56,57)65-7-16-22(52)23(53)33(69-16)49-11-42-19-27(49)43-34(37)45-29(19)54/h9-17,21-24,31-33,51-53H,4-8H2,1-3H3,(H11-,36,37,38,39,40,43,44,45,46,54,55,56,57,58,59,60,61,62,63)/t13-,14-,15-,16-,17-,21-,22-,23-,24+,31-,32-,33-/m1/s1. The second-order valence-electron chi connectivity index (χ2n) is 17.4. The van der Waals surface area contributed by atoms with Gasteiger partial charge in [-0.3, -0.25) is 46.9 Å². The zero-order chi connectivity index (χ0) is 55.7. The molecule has 3 fully saturated rings. The van der Waals surface area contributed by atoms with Crippen LogP contribution in [-0.2, 0) is 71.0 Å². The van der Waals surface area contributed by atoms with Crippen LogP contribution < -0.4 is 37.8 Å². The molecule has 6 aromatic heterocycles. The Morgan fingerprint density at radius 2 is 1.34 bits per heavy atom. The summed E-state index contributed by atoms with van der Waals surface area (Å²) in [6.07, 6.45) is -10.7. The maximum Gasteiger partial charge on any atom is 0.490 e. The first-order valence-electron chi connectivity index (χ1n) is 22.5. The van der Waals surface area contributed by atoms with Crippen molar-refractivity contribution in [2.45, 2.75) is 74.8 Å². The summed E-state index contributed by atoms with van der Waals surface area (Å²) in [6.45, 7) is -1.93. The molecule has 0 bridgehead atoms. The lowest BCUT2D eigenvalue weighted by molar-refractivity contribution is -0.745. The van der Waals surface area contributed by atoms with E-state index in [0.29, 0.717) is 0 Å². The van der Waals surface area contributed by atoms with Crippen LogP contribution in [0.2, 0.25) is 0 Å². The average molecular weight is 1170 g/mol. The fourth-order valence-electron chi connectivity index (χ4n) is 9.15. The molecule has 42 heteroatoms. The number of hydrogen-bond donors (Lipinski definition) is 11. The molecule has 9 heterocycles. The maximum atomic E-state index is 13.7. The smallest absolute Gasteiger partial charge is 0.490 e. The maximum absolute atomic E-state index is 13.7. The van der Waals surface area contributed by atoms with Crippen LogP contribution in [0, 0.1) is 11.8 Å². The Kier molecular flexibility index (Phi) is 15.8. The molecule has 0 aromatic carbocycles. The van der Waals surface area contributed by atoms with Crippen LogP contribution in [-0.4, -0.2) is 160 Å². The van der Waals surface area contributed by atoms with E-state index in [4.69, 9.17) is 54.2 Å². The normalized spacial score (nSPS) is 30.0. The van der Waals surface area contributed by atoms with Gasteiger partial charge in [0.2, 0.25) is 17.7 Å². The summed E-state index contributed by atoms with van der Waals surface area (Å²) >= 11 is 0. The minimum atomic E-state index is -6.16. The minimum absolute atomic E-state index is 0.0143. The second kappa shape index (κ2) is 21.5.